The molecule has 5 heteroatoms. The SMILES string of the molecule is CC(CO)CSCC(N)c1cc(F)ccc1F. The van der Waals surface area contributed by atoms with E-state index in [0.717, 1.165) is 24.0 Å². The first-order valence-electron chi connectivity index (χ1n) is 5.43. The van der Waals surface area contributed by atoms with Gasteiger partial charge in [-0.15, -0.1) is 0 Å². The molecule has 2 nitrogen and oxygen atoms in total. The zero-order valence-electron chi connectivity index (χ0n) is 9.70. The van der Waals surface area contributed by atoms with Crippen LogP contribution >= 0.6 is 11.8 Å². The summed E-state index contributed by atoms with van der Waals surface area (Å²) in [7, 11) is 0. The van der Waals surface area contributed by atoms with Crippen LogP contribution in [0.1, 0.15) is 18.5 Å². The number of hydrogen-bond acceptors (Lipinski definition) is 3. The molecule has 0 fully saturated rings. The number of benzene rings is 1. The van der Waals surface area contributed by atoms with Crippen molar-refractivity contribution in [2.24, 2.45) is 11.7 Å². The highest BCUT2D eigenvalue weighted by Crippen LogP contribution is 2.21. The number of hydrogen-bond donors (Lipinski definition) is 2. The normalized spacial score (nSPS) is 14.6. The smallest absolute Gasteiger partial charge is 0.128 e. The monoisotopic (exact) mass is 261 g/mol. The van der Waals surface area contributed by atoms with Gasteiger partial charge in [-0.25, -0.2) is 8.78 Å². The summed E-state index contributed by atoms with van der Waals surface area (Å²) in [6.45, 7) is 2.04. The molecule has 0 heterocycles. The zero-order chi connectivity index (χ0) is 12.8. The predicted molar refractivity (Wildman–Crippen MR) is 66.9 cm³/mol. The summed E-state index contributed by atoms with van der Waals surface area (Å²) in [5, 5.41) is 8.84. The molecular weight excluding hydrogens is 244 g/mol. The van der Waals surface area contributed by atoms with Crippen molar-refractivity contribution >= 4 is 11.8 Å². The average molecular weight is 261 g/mol. The highest BCUT2D eigenvalue weighted by molar-refractivity contribution is 7.99. The Balaban J connectivity index is 2.52. The lowest BCUT2D eigenvalue weighted by Gasteiger charge is -2.14. The molecule has 0 aliphatic heterocycles. The van der Waals surface area contributed by atoms with Crippen LogP contribution in [0.15, 0.2) is 18.2 Å². The largest absolute Gasteiger partial charge is 0.396 e. The van der Waals surface area contributed by atoms with Gasteiger partial charge in [-0.3, -0.25) is 0 Å². The van der Waals surface area contributed by atoms with Gasteiger partial charge < -0.3 is 10.8 Å². The van der Waals surface area contributed by atoms with E-state index < -0.39 is 17.7 Å². The number of rotatable bonds is 6. The predicted octanol–water partition coefficient (Wildman–Crippen LogP) is 2.33. The number of nitrogens with two attached hydrogens (primary N) is 1. The van der Waals surface area contributed by atoms with Gasteiger partial charge in [-0.2, -0.15) is 11.8 Å². The van der Waals surface area contributed by atoms with E-state index in [2.05, 4.69) is 0 Å². The standard InChI is InChI=1S/C12H17F2NOS/c1-8(5-16)6-17-7-12(15)10-4-9(13)2-3-11(10)14/h2-4,8,12,16H,5-7,15H2,1H3. The maximum absolute atomic E-state index is 13.4. The fraction of sp³-hybridized carbons (Fsp3) is 0.500. The maximum Gasteiger partial charge on any atom is 0.128 e. The summed E-state index contributed by atoms with van der Waals surface area (Å²) < 4.78 is 26.3. The van der Waals surface area contributed by atoms with E-state index in [1.165, 1.54) is 11.8 Å². The summed E-state index contributed by atoms with van der Waals surface area (Å²) in [6.07, 6.45) is 0. The molecule has 17 heavy (non-hydrogen) atoms. The lowest BCUT2D eigenvalue weighted by Crippen LogP contribution is -2.16. The van der Waals surface area contributed by atoms with Gasteiger partial charge in [0.15, 0.2) is 0 Å². The van der Waals surface area contributed by atoms with Gasteiger partial charge in [0.25, 0.3) is 0 Å². The van der Waals surface area contributed by atoms with Crippen LogP contribution < -0.4 is 5.73 Å². The van der Waals surface area contributed by atoms with Gasteiger partial charge in [-0.1, -0.05) is 6.92 Å². The van der Waals surface area contributed by atoms with E-state index in [-0.39, 0.29) is 18.1 Å². The van der Waals surface area contributed by atoms with Gasteiger partial charge in [0.1, 0.15) is 11.6 Å². The minimum absolute atomic E-state index is 0.122. The Morgan fingerprint density at radius 1 is 1.35 bits per heavy atom. The van der Waals surface area contributed by atoms with E-state index in [1.807, 2.05) is 6.92 Å². The third-order valence-corrected chi connectivity index (χ3v) is 3.77. The van der Waals surface area contributed by atoms with Crippen LogP contribution in [-0.4, -0.2) is 23.2 Å². The lowest BCUT2D eigenvalue weighted by molar-refractivity contribution is 0.250. The fourth-order valence-corrected chi connectivity index (χ4v) is 2.41. The van der Waals surface area contributed by atoms with Crippen LogP contribution in [0.25, 0.3) is 0 Å². The number of aliphatic hydroxyl groups excluding tert-OH is 1. The van der Waals surface area contributed by atoms with Gasteiger partial charge >= 0.3 is 0 Å². The van der Waals surface area contributed by atoms with Crippen LogP contribution in [0.4, 0.5) is 8.78 Å². The minimum Gasteiger partial charge on any atom is -0.396 e. The molecule has 0 aliphatic rings. The van der Waals surface area contributed by atoms with Gasteiger partial charge in [-0.05, 0) is 29.9 Å². The Kier molecular flexibility index (Phi) is 5.88. The third-order valence-electron chi connectivity index (χ3n) is 2.37. The van der Waals surface area contributed by atoms with E-state index in [9.17, 15) is 8.78 Å². The summed E-state index contributed by atoms with van der Waals surface area (Å²) in [5.41, 5.74) is 6.01. The summed E-state index contributed by atoms with van der Waals surface area (Å²) in [5.74, 6) is 0.483. The van der Waals surface area contributed by atoms with Crippen LogP contribution in [0.3, 0.4) is 0 Å². The quantitative estimate of drug-likeness (QED) is 0.826. The van der Waals surface area contributed by atoms with Crippen molar-refractivity contribution in [3.63, 3.8) is 0 Å². The first-order valence-corrected chi connectivity index (χ1v) is 6.59. The molecule has 0 radical (unpaired) electrons. The Bertz CT molecular complexity index is 362. The lowest BCUT2D eigenvalue weighted by atomic mass is 10.1. The highest BCUT2D eigenvalue weighted by Gasteiger charge is 2.13. The number of aliphatic hydroxyl groups is 1. The average Bonchev–Trinajstić information content (AvgIpc) is 2.31. The molecule has 2 atom stereocenters. The molecule has 0 bridgehead atoms. The first-order chi connectivity index (χ1) is 8.04. The van der Waals surface area contributed by atoms with Crippen LogP contribution in [0.5, 0.6) is 0 Å². The maximum atomic E-state index is 13.4. The van der Waals surface area contributed by atoms with Crippen molar-refractivity contribution in [1.29, 1.82) is 0 Å². The van der Waals surface area contributed by atoms with E-state index in [4.69, 9.17) is 10.8 Å². The number of halogens is 2. The second-order valence-corrected chi connectivity index (χ2v) is 5.17. The highest BCUT2D eigenvalue weighted by atomic mass is 32.2. The second kappa shape index (κ2) is 6.93. The van der Waals surface area contributed by atoms with Crippen LogP contribution in [0, 0.1) is 17.6 Å². The van der Waals surface area contributed by atoms with Crippen molar-refractivity contribution in [3.8, 4) is 0 Å². The van der Waals surface area contributed by atoms with Crippen molar-refractivity contribution < 1.29 is 13.9 Å². The van der Waals surface area contributed by atoms with E-state index >= 15 is 0 Å². The minimum atomic E-state index is -0.526. The van der Waals surface area contributed by atoms with E-state index in [1.54, 1.807) is 0 Å². The summed E-state index contributed by atoms with van der Waals surface area (Å²) >= 11 is 1.53. The van der Waals surface area contributed by atoms with E-state index in [0.29, 0.717) is 5.75 Å². The van der Waals surface area contributed by atoms with Crippen molar-refractivity contribution in [2.45, 2.75) is 13.0 Å². The molecule has 0 spiro atoms. The molecule has 0 saturated carbocycles. The van der Waals surface area contributed by atoms with Crippen molar-refractivity contribution in [1.82, 2.24) is 0 Å². The molecule has 0 saturated heterocycles. The fourth-order valence-electron chi connectivity index (χ4n) is 1.34. The topological polar surface area (TPSA) is 46.2 Å². The Morgan fingerprint density at radius 2 is 2.06 bits per heavy atom. The van der Waals surface area contributed by atoms with Crippen molar-refractivity contribution in [3.05, 3.63) is 35.4 Å². The van der Waals surface area contributed by atoms with Gasteiger partial charge in [0.05, 0.1) is 0 Å². The molecule has 1 aromatic carbocycles. The second-order valence-electron chi connectivity index (χ2n) is 4.10. The zero-order valence-corrected chi connectivity index (χ0v) is 10.5. The Morgan fingerprint density at radius 3 is 2.71 bits per heavy atom. The molecule has 3 N–H and O–H groups in total. The first kappa shape index (κ1) is 14.4. The molecule has 1 rings (SSSR count). The number of thioether (sulfide) groups is 1. The summed E-state index contributed by atoms with van der Waals surface area (Å²) in [6, 6.07) is 2.77. The van der Waals surface area contributed by atoms with Gasteiger partial charge in [0.2, 0.25) is 0 Å². The molecule has 0 aromatic heterocycles. The van der Waals surface area contributed by atoms with Crippen LogP contribution in [0.2, 0.25) is 0 Å². The summed E-state index contributed by atoms with van der Waals surface area (Å²) in [4.78, 5) is 0. The molecular formula is C12H17F2NOS. The van der Waals surface area contributed by atoms with Crippen molar-refractivity contribution in [2.75, 3.05) is 18.1 Å². The third kappa shape index (κ3) is 4.61. The molecule has 1 aromatic rings. The molecule has 0 aliphatic carbocycles. The Labute approximate surface area is 104 Å². The van der Waals surface area contributed by atoms with Crippen LogP contribution in [-0.2, 0) is 0 Å². The van der Waals surface area contributed by atoms with Gasteiger partial charge in [0, 0.05) is 24.0 Å². The molecule has 96 valence electrons. The molecule has 2 unspecified atom stereocenters. The molecule has 0 amide bonds. The Hall–Kier alpha value is -0.650.